The van der Waals surface area contributed by atoms with Crippen LogP contribution < -0.4 is 5.32 Å². The second kappa shape index (κ2) is 6.68. The fourth-order valence-corrected chi connectivity index (χ4v) is 2.13. The molecular formula is C16H23N3O. The van der Waals surface area contributed by atoms with Crippen LogP contribution in [0.1, 0.15) is 25.4 Å². The lowest BCUT2D eigenvalue weighted by Crippen LogP contribution is -2.30. The van der Waals surface area contributed by atoms with Crippen molar-refractivity contribution in [2.75, 3.05) is 6.54 Å². The van der Waals surface area contributed by atoms with Gasteiger partial charge in [0.15, 0.2) is 0 Å². The molecule has 0 saturated carbocycles. The van der Waals surface area contributed by atoms with Crippen molar-refractivity contribution in [2.45, 2.75) is 33.4 Å². The number of hydrogen-bond donors (Lipinski definition) is 2. The van der Waals surface area contributed by atoms with Crippen molar-refractivity contribution in [1.82, 2.24) is 14.9 Å². The number of aryl methyl sites for hydroxylation is 1. The molecule has 1 aromatic heterocycles. The maximum Gasteiger partial charge on any atom is 0.110 e. The lowest BCUT2D eigenvalue weighted by Gasteiger charge is -2.16. The van der Waals surface area contributed by atoms with E-state index in [0.717, 1.165) is 17.2 Å². The monoisotopic (exact) mass is 273 g/mol. The first-order valence-corrected chi connectivity index (χ1v) is 7.07. The zero-order chi connectivity index (χ0) is 14.5. The Morgan fingerprint density at radius 3 is 2.60 bits per heavy atom. The SMILES string of the molecule is Cc1ncc(CNCC(O)C(C)C)n1-c1ccccc1. The Morgan fingerprint density at radius 2 is 1.95 bits per heavy atom. The quantitative estimate of drug-likeness (QED) is 0.849. The molecule has 4 nitrogen and oxygen atoms in total. The van der Waals surface area contributed by atoms with E-state index in [-0.39, 0.29) is 12.0 Å². The van der Waals surface area contributed by atoms with Crippen LogP contribution in [0.15, 0.2) is 36.5 Å². The van der Waals surface area contributed by atoms with Gasteiger partial charge in [-0.2, -0.15) is 0 Å². The van der Waals surface area contributed by atoms with E-state index < -0.39 is 0 Å². The molecule has 1 atom stereocenters. The second-order valence-corrected chi connectivity index (χ2v) is 5.41. The minimum absolute atomic E-state index is 0.267. The van der Waals surface area contributed by atoms with Gasteiger partial charge in [0.1, 0.15) is 5.82 Å². The van der Waals surface area contributed by atoms with Crippen molar-refractivity contribution in [2.24, 2.45) is 5.92 Å². The van der Waals surface area contributed by atoms with Crippen molar-refractivity contribution in [1.29, 1.82) is 0 Å². The summed E-state index contributed by atoms with van der Waals surface area (Å²) in [5, 5.41) is 13.1. The second-order valence-electron chi connectivity index (χ2n) is 5.41. The topological polar surface area (TPSA) is 50.1 Å². The maximum atomic E-state index is 9.81. The highest BCUT2D eigenvalue weighted by Gasteiger charge is 2.11. The number of aromatic nitrogens is 2. The molecule has 1 heterocycles. The van der Waals surface area contributed by atoms with E-state index in [1.807, 2.05) is 45.2 Å². The van der Waals surface area contributed by atoms with Gasteiger partial charge in [-0.15, -0.1) is 0 Å². The fourth-order valence-electron chi connectivity index (χ4n) is 2.13. The lowest BCUT2D eigenvalue weighted by atomic mass is 10.1. The van der Waals surface area contributed by atoms with Gasteiger partial charge in [0.25, 0.3) is 0 Å². The van der Waals surface area contributed by atoms with Gasteiger partial charge >= 0.3 is 0 Å². The maximum absolute atomic E-state index is 9.81. The Morgan fingerprint density at radius 1 is 1.25 bits per heavy atom. The first kappa shape index (κ1) is 14.8. The molecule has 2 N–H and O–H groups in total. The van der Waals surface area contributed by atoms with Crippen molar-refractivity contribution in [3.63, 3.8) is 0 Å². The Hall–Kier alpha value is -1.65. The molecule has 1 unspecified atom stereocenters. The predicted molar refractivity (Wildman–Crippen MR) is 80.9 cm³/mol. The zero-order valence-electron chi connectivity index (χ0n) is 12.4. The Balaban J connectivity index is 2.07. The Bertz CT molecular complexity index is 534. The number of aliphatic hydroxyl groups is 1. The Labute approximate surface area is 120 Å². The highest BCUT2D eigenvalue weighted by molar-refractivity contribution is 5.35. The molecule has 0 aliphatic heterocycles. The molecule has 2 aromatic rings. The first-order valence-electron chi connectivity index (χ1n) is 7.07. The number of nitrogens with zero attached hydrogens (tertiary/aromatic N) is 2. The molecule has 0 aliphatic rings. The molecule has 108 valence electrons. The number of imidazole rings is 1. The molecular weight excluding hydrogens is 250 g/mol. The molecule has 0 fully saturated rings. The summed E-state index contributed by atoms with van der Waals surface area (Å²) in [5.74, 6) is 1.24. The third kappa shape index (κ3) is 3.46. The number of benzene rings is 1. The minimum Gasteiger partial charge on any atom is -0.392 e. The van der Waals surface area contributed by atoms with Crippen LogP contribution in [0.3, 0.4) is 0 Å². The van der Waals surface area contributed by atoms with Gasteiger partial charge in [0, 0.05) is 18.8 Å². The van der Waals surface area contributed by atoms with E-state index >= 15 is 0 Å². The highest BCUT2D eigenvalue weighted by atomic mass is 16.3. The van der Waals surface area contributed by atoms with E-state index in [1.165, 1.54) is 0 Å². The van der Waals surface area contributed by atoms with E-state index in [2.05, 4.69) is 27.0 Å². The molecule has 0 aliphatic carbocycles. The average Bonchev–Trinajstić information content (AvgIpc) is 2.80. The predicted octanol–water partition coefficient (Wildman–Crippen LogP) is 2.29. The minimum atomic E-state index is -0.316. The van der Waals surface area contributed by atoms with Crippen LogP contribution in [0, 0.1) is 12.8 Å². The molecule has 20 heavy (non-hydrogen) atoms. The van der Waals surface area contributed by atoms with Gasteiger partial charge in [0.05, 0.1) is 18.0 Å². The number of rotatable bonds is 6. The number of nitrogens with one attached hydrogen (secondary N) is 1. The largest absolute Gasteiger partial charge is 0.392 e. The van der Waals surface area contributed by atoms with Gasteiger partial charge in [-0.1, -0.05) is 32.0 Å². The van der Waals surface area contributed by atoms with Crippen LogP contribution in [0.5, 0.6) is 0 Å². The zero-order valence-corrected chi connectivity index (χ0v) is 12.4. The Kier molecular flexibility index (Phi) is 4.93. The summed E-state index contributed by atoms with van der Waals surface area (Å²) < 4.78 is 2.13. The summed E-state index contributed by atoms with van der Waals surface area (Å²) in [6.45, 7) is 7.32. The van der Waals surface area contributed by atoms with Gasteiger partial charge in [0.2, 0.25) is 0 Å². The normalized spacial score (nSPS) is 12.8. The molecule has 0 spiro atoms. The van der Waals surface area contributed by atoms with Crippen molar-refractivity contribution >= 4 is 0 Å². The summed E-state index contributed by atoms with van der Waals surface area (Å²) in [6.07, 6.45) is 1.57. The molecule has 0 radical (unpaired) electrons. The van der Waals surface area contributed by atoms with Crippen LogP contribution in [-0.4, -0.2) is 27.3 Å². The van der Waals surface area contributed by atoms with E-state index in [9.17, 15) is 5.11 Å². The van der Waals surface area contributed by atoms with Crippen LogP contribution in [0.2, 0.25) is 0 Å². The fraction of sp³-hybridized carbons (Fsp3) is 0.438. The number of hydrogen-bond acceptors (Lipinski definition) is 3. The highest BCUT2D eigenvalue weighted by Crippen LogP contribution is 2.14. The van der Waals surface area contributed by atoms with Crippen LogP contribution in [0.4, 0.5) is 0 Å². The molecule has 0 saturated heterocycles. The third-order valence-corrected chi connectivity index (χ3v) is 3.45. The third-order valence-electron chi connectivity index (χ3n) is 3.45. The summed E-state index contributed by atoms with van der Waals surface area (Å²) in [4.78, 5) is 4.39. The van der Waals surface area contributed by atoms with Crippen LogP contribution in [0.25, 0.3) is 5.69 Å². The van der Waals surface area contributed by atoms with Gasteiger partial charge in [-0.3, -0.25) is 4.57 Å². The van der Waals surface area contributed by atoms with Gasteiger partial charge < -0.3 is 10.4 Å². The summed E-state index contributed by atoms with van der Waals surface area (Å²) >= 11 is 0. The van der Waals surface area contributed by atoms with Crippen LogP contribution >= 0.6 is 0 Å². The average molecular weight is 273 g/mol. The first-order chi connectivity index (χ1) is 9.59. The van der Waals surface area contributed by atoms with E-state index in [4.69, 9.17) is 0 Å². The van der Waals surface area contributed by atoms with Gasteiger partial charge in [-0.05, 0) is 25.0 Å². The van der Waals surface area contributed by atoms with E-state index in [1.54, 1.807) is 0 Å². The lowest BCUT2D eigenvalue weighted by molar-refractivity contribution is 0.123. The van der Waals surface area contributed by atoms with Crippen molar-refractivity contribution < 1.29 is 5.11 Å². The molecule has 2 rings (SSSR count). The number of para-hydroxylation sites is 1. The van der Waals surface area contributed by atoms with Crippen molar-refractivity contribution in [3.8, 4) is 5.69 Å². The molecule has 0 bridgehead atoms. The smallest absolute Gasteiger partial charge is 0.110 e. The van der Waals surface area contributed by atoms with Crippen LogP contribution in [-0.2, 0) is 6.54 Å². The molecule has 1 aromatic carbocycles. The standard InChI is InChI=1S/C16H23N3O/c1-12(2)16(20)11-17-9-15-10-18-13(3)19(15)14-7-5-4-6-8-14/h4-8,10,12,16-17,20H,9,11H2,1-3H3. The van der Waals surface area contributed by atoms with E-state index in [0.29, 0.717) is 13.1 Å². The van der Waals surface area contributed by atoms with Crippen molar-refractivity contribution in [3.05, 3.63) is 48.0 Å². The summed E-state index contributed by atoms with van der Waals surface area (Å²) in [5.41, 5.74) is 2.22. The number of aliphatic hydroxyl groups excluding tert-OH is 1. The summed E-state index contributed by atoms with van der Waals surface area (Å²) in [6, 6.07) is 10.2. The molecule has 4 heteroatoms. The van der Waals surface area contributed by atoms with Gasteiger partial charge in [-0.25, -0.2) is 4.98 Å². The summed E-state index contributed by atoms with van der Waals surface area (Å²) in [7, 11) is 0. The molecule has 0 amide bonds.